The van der Waals surface area contributed by atoms with E-state index in [1.807, 2.05) is 4.90 Å². The maximum atomic E-state index is 12.5. The Labute approximate surface area is 179 Å². The van der Waals surface area contributed by atoms with Crippen molar-refractivity contribution in [2.24, 2.45) is 0 Å². The molecule has 2 aliphatic rings. The molecule has 3 unspecified atom stereocenters. The first-order valence-electron chi connectivity index (χ1n) is 11.2. The van der Waals surface area contributed by atoms with Crippen molar-refractivity contribution in [3.63, 3.8) is 0 Å². The third-order valence-corrected chi connectivity index (χ3v) is 6.07. The number of hydrogen-bond acceptors (Lipinski definition) is 5. The van der Waals surface area contributed by atoms with Crippen molar-refractivity contribution in [2.45, 2.75) is 63.6 Å². The number of ether oxygens (including phenoxy) is 1. The lowest BCUT2D eigenvalue weighted by molar-refractivity contribution is 0.0200. The highest BCUT2D eigenvalue weighted by atomic mass is 16.5. The molecule has 2 fully saturated rings. The fourth-order valence-electron chi connectivity index (χ4n) is 4.43. The molecule has 0 aromatic heterocycles. The Morgan fingerprint density at radius 1 is 1.23 bits per heavy atom. The van der Waals surface area contributed by atoms with Crippen molar-refractivity contribution in [2.75, 3.05) is 32.8 Å². The molecular weight excluding hydrogens is 380 g/mol. The number of hydrogen-bond donors (Lipinski definition) is 2. The highest BCUT2D eigenvalue weighted by Crippen LogP contribution is 2.30. The van der Waals surface area contributed by atoms with Crippen LogP contribution in [0.25, 0.3) is 0 Å². The molecule has 2 saturated heterocycles. The number of urea groups is 1. The lowest BCUT2D eigenvalue weighted by Gasteiger charge is -2.41. The van der Waals surface area contributed by atoms with Crippen LogP contribution < -0.4 is 10.1 Å². The molecule has 30 heavy (non-hydrogen) atoms. The zero-order valence-electron chi connectivity index (χ0n) is 17.9. The van der Waals surface area contributed by atoms with Gasteiger partial charge in [-0.1, -0.05) is 26.2 Å². The number of nitriles is 1. The largest absolute Gasteiger partial charge is 0.491 e. The lowest BCUT2D eigenvalue weighted by atomic mass is 10.1. The van der Waals surface area contributed by atoms with E-state index in [4.69, 9.17) is 10.00 Å². The smallest absolute Gasteiger partial charge is 0.317 e. The van der Waals surface area contributed by atoms with Crippen LogP contribution in [0.5, 0.6) is 5.75 Å². The van der Waals surface area contributed by atoms with Crippen LogP contribution in [0.2, 0.25) is 0 Å². The van der Waals surface area contributed by atoms with Gasteiger partial charge in [-0.05, 0) is 43.5 Å². The van der Waals surface area contributed by atoms with Crippen molar-refractivity contribution in [3.05, 3.63) is 29.8 Å². The zero-order chi connectivity index (χ0) is 21.3. The number of piperazine rings is 1. The summed E-state index contributed by atoms with van der Waals surface area (Å²) in [5.74, 6) is 0.649. The Morgan fingerprint density at radius 3 is 2.57 bits per heavy atom. The molecular formula is C23H34N4O3. The molecule has 2 N–H and O–H groups in total. The highest BCUT2D eigenvalue weighted by molar-refractivity contribution is 5.74. The quantitative estimate of drug-likeness (QED) is 0.575. The molecule has 2 amide bonds. The minimum Gasteiger partial charge on any atom is -0.491 e. The van der Waals surface area contributed by atoms with E-state index < -0.39 is 6.10 Å². The second-order valence-corrected chi connectivity index (χ2v) is 8.38. The number of aliphatic hydroxyl groups is 1. The number of fused-ring (bicyclic) bond motifs is 2. The molecule has 3 rings (SSSR count). The van der Waals surface area contributed by atoms with Crippen molar-refractivity contribution in [3.8, 4) is 11.8 Å². The van der Waals surface area contributed by atoms with Crippen LogP contribution in [-0.2, 0) is 0 Å². The number of benzene rings is 1. The molecule has 0 radical (unpaired) electrons. The average Bonchev–Trinajstić information content (AvgIpc) is 2.98. The first kappa shape index (κ1) is 22.4. The van der Waals surface area contributed by atoms with Gasteiger partial charge < -0.3 is 20.1 Å². The summed E-state index contributed by atoms with van der Waals surface area (Å²) < 4.78 is 5.67. The van der Waals surface area contributed by atoms with Crippen LogP contribution in [0.15, 0.2) is 24.3 Å². The summed E-state index contributed by atoms with van der Waals surface area (Å²) in [6.07, 6.45) is 6.15. The van der Waals surface area contributed by atoms with E-state index in [2.05, 4.69) is 23.2 Å². The lowest BCUT2D eigenvalue weighted by Crippen LogP contribution is -2.58. The fourth-order valence-corrected chi connectivity index (χ4v) is 4.43. The summed E-state index contributed by atoms with van der Waals surface area (Å²) >= 11 is 0. The third-order valence-electron chi connectivity index (χ3n) is 6.07. The molecule has 3 atom stereocenters. The summed E-state index contributed by atoms with van der Waals surface area (Å²) in [5.41, 5.74) is 0.586. The molecule has 2 bridgehead atoms. The van der Waals surface area contributed by atoms with Crippen molar-refractivity contribution >= 4 is 6.03 Å². The molecule has 0 saturated carbocycles. The number of amides is 2. The van der Waals surface area contributed by atoms with Gasteiger partial charge in [0.05, 0.1) is 11.6 Å². The molecule has 2 aliphatic heterocycles. The molecule has 1 aromatic rings. The molecule has 0 spiro atoms. The summed E-state index contributed by atoms with van der Waals surface area (Å²) in [4.78, 5) is 16.8. The Morgan fingerprint density at radius 2 is 1.93 bits per heavy atom. The monoisotopic (exact) mass is 414 g/mol. The van der Waals surface area contributed by atoms with Gasteiger partial charge in [-0.15, -0.1) is 0 Å². The van der Waals surface area contributed by atoms with Gasteiger partial charge in [0.15, 0.2) is 0 Å². The standard InChI is InChI=1S/C23H34N4O3/c1-2-3-4-5-12-25-23(29)26-14-19-8-9-20(15-26)27(19)16-21(28)17-30-22-10-6-18(13-24)7-11-22/h6-7,10-11,19-21,28H,2-5,8-9,12,14-17H2,1H3,(H,25,29). The topological polar surface area (TPSA) is 88.8 Å². The van der Waals surface area contributed by atoms with E-state index >= 15 is 0 Å². The van der Waals surface area contributed by atoms with Gasteiger partial charge in [0, 0.05) is 38.3 Å². The number of aliphatic hydroxyl groups excluding tert-OH is 1. The Bertz CT molecular complexity index is 704. The normalized spacial score (nSPS) is 21.8. The van der Waals surface area contributed by atoms with Crippen LogP contribution in [0.3, 0.4) is 0 Å². The van der Waals surface area contributed by atoms with E-state index in [1.54, 1.807) is 24.3 Å². The fraction of sp³-hybridized carbons (Fsp3) is 0.652. The summed E-state index contributed by atoms with van der Waals surface area (Å²) in [7, 11) is 0. The first-order valence-corrected chi connectivity index (χ1v) is 11.2. The highest BCUT2D eigenvalue weighted by Gasteiger charge is 2.41. The number of unbranched alkanes of at least 4 members (excludes halogenated alkanes) is 3. The van der Waals surface area contributed by atoms with Gasteiger partial charge in [0.25, 0.3) is 0 Å². The summed E-state index contributed by atoms with van der Waals surface area (Å²) in [6.45, 7) is 5.15. The van der Waals surface area contributed by atoms with Crippen molar-refractivity contribution < 1.29 is 14.6 Å². The Balaban J connectivity index is 1.40. The number of rotatable bonds is 10. The van der Waals surface area contributed by atoms with Crippen molar-refractivity contribution in [1.82, 2.24) is 15.1 Å². The second kappa shape index (κ2) is 11.2. The third kappa shape index (κ3) is 6.10. The zero-order valence-corrected chi connectivity index (χ0v) is 17.9. The number of nitrogens with one attached hydrogen (secondary N) is 1. The van der Waals surface area contributed by atoms with Gasteiger partial charge in [-0.2, -0.15) is 5.26 Å². The van der Waals surface area contributed by atoms with E-state index in [9.17, 15) is 9.90 Å². The number of likely N-dealkylation sites (tertiary alicyclic amines) is 1. The Hall–Kier alpha value is -2.30. The summed E-state index contributed by atoms with van der Waals surface area (Å²) in [6, 6.07) is 9.63. The van der Waals surface area contributed by atoms with Gasteiger partial charge in [-0.25, -0.2) is 4.79 Å². The van der Waals surface area contributed by atoms with E-state index in [0.29, 0.717) is 29.9 Å². The van der Waals surface area contributed by atoms with Gasteiger partial charge in [-0.3, -0.25) is 4.90 Å². The van der Waals surface area contributed by atoms with Crippen LogP contribution >= 0.6 is 0 Å². The van der Waals surface area contributed by atoms with Crippen LogP contribution in [0.1, 0.15) is 51.0 Å². The number of carbonyl (C=O) groups excluding carboxylic acids is 1. The molecule has 7 nitrogen and oxygen atoms in total. The molecule has 7 heteroatoms. The average molecular weight is 415 g/mol. The SMILES string of the molecule is CCCCCCNC(=O)N1CC2CCC(C1)N2CC(O)COc1ccc(C#N)cc1. The number of carbonyl (C=O) groups is 1. The van der Waals surface area contributed by atoms with E-state index in [-0.39, 0.29) is 12.6 Å². The minimum atomic E-state index is -0.595. The van der Waals surface area contributed by atoms with Gasteiger partial charge in [0.1, 0.15) is 18.5 Å². The van der Waals surface area contributed by atoms with Crippen LogP contribution in [-0.4, -0.2) is 71.9 Å². The second-order valence-electron chi connectivity index (χ2n) is 8.38. The molecule has 1 aromatic carbocycles. The predicted molar refractivity (Wildman–Crippen MR) is 115 cm³/mol. The van der Waals surface area contributed by atoms with Gasteiger partial charge >= 0.3 is 6.03 Å². The predicted octanol–water partition coefficient (Wildman–Crippen LogP) is 2.74. The maximum Gasteiger partial charge on any atom is 0.317 e. The number of nitrogens with zero attached hydrogens (tertiary/aromatic N) is 3. The summed E-state index contributed by atoms with van der Waals surface area (Å²) in [5, 5.41) is 22.4. The maximum absolute atomic E-state index is 12.5. The molecule has 2 heterocycles. The van der Waals surface area contributed by atoms with E-state index in [0.717, 1.165) is 45.3 Å². The van der Waals surface area contributed by atoms with Crippen LogP contribution in [0.4, 0.5) is 4.79 Å². The van der Waals surface area contributed by atoms with Crippen LogP contribution in [0, 0.1) is 11.3 Å². The minimum absolute atomic E-state index is 0.0488. The molecule has 164 valence electrons. The van der Waals surface area contributed by atoms with Gasteiger partial charge in [0.2, 0.25) is 0 Å². The first-order chi connectivity index (χ1) is 14.6. The Kier molecular flexibility index (Phi) is 8.35. The van der Waals surface area contributed by atoms with Crippen molar-refractivity contribution in [1.29, 1.82) is 5.26 Å². The molecule has 0 aliphatic carbocycles. The van der Waals surface area contributed by atoms with E-state index in [1.165, 1.54) is 12.8 Å².